The van der Waals surface area contributed by atoms with Gasteiger partial charge in [-0.05, 0) is 31.4 Å². The standard InChI is InChI=1S/C12H13NOS/c1-9(2)13-7-8-15-11-6-4-3-5-10(11)12(13)14/h3-9H,1-2H3. The summed E-state index contributed by atoms with van der Waals surface area (Å²) in [6.07, 6.45) is 1.86. The molecular weight excluding hydrogens is 206 g/mol. The van der Waals surface area contributed by atoms with Gasteiger partial charge in [-0.15, -0.1) is 0 Å². The molecule has 3 heteroatoms. The van der Waals surface area contributed by atoms with Gasteiger partial charge in [-0.3, -0.25) is 4.79 Å². The number of thioether (sulfide) groups is 1. The van der Waals surface area contributed by atoms with E-state index in [0.717, 1.165) is 10.5 Å². The van der Waals surface area contributed by atoms with E-state index in [2.05, 4.69) is 0 Å². The molecular formula is C12H13NOS. The molecule has 1 aromatic rings. The third-order valence-electron chi connectivity index (χ3n) is 2.32. The number of hydrogen-bond acceptors (Lipinski definition) is 2. The lowest BCUT2D eigenvalue weighted by atomic mass is 10.2. The van der Waals surface area contributed by atoms with Crippen molar-refractivity contribution >= 4 is 17.7 Å². The smallest absolute Gasteiger partial charge is 0.259 e. The molecule has 1 amide bonds. The molecule has 0 atom stereocenters. The zero-order valence-corrected chi connectivity index (χ0v) is 9.62. The molecule has 1 aliphatic rings. The van der Waals surface area contributed by atoms with Crippen LogP contribution in [0.5, 0.6) is 0 Å². The monoisotopic (exact) mass is 219 g/mol. The van der Waals surface area contributed by atoms with Gasteiger partial charge < -0.3 is 4.90 Å². The molecule has 78 valence electrons. The number of benzene rings is 1. The number of rotatable bonds is 1. The minimum absolute atomic E-state index is 0.0850. The number of nitrogens with zero attached hydrogens (tertiary/aromatic N) is 1. The number of carbonyl (C=O) groups is 1. The maximum Gasteiger partial charge on any atom is 0.259 e. The molecule has 0 bridgehead atoms. The summed E-state index contributed by atoms with van der Waals surface area (Å²) in [6.45, 7) is 4.03. The Bertz CT molecular complexity index is 412. The molecule has 15 heavy (non-hydrogen) atoms. The second-order valence-electron chi connectivity index (χ2n) is 3.71. The van der Waals surface area contributed by atoms with Crippen molar-refractivity contribution < 1.29 is 4.79 Å². The largest absolute Gasteiger partial charge is 0.312 e. The third kappa shape index (κ3) is 1.92. The van der Waals surface area contributed by atoms with E-state index >= 15 is 0 Å². The van der Waals surface area contributed by atoms with Crippen molar-refractivity contribution in [2.24, 2.45) is 0 Å². The molecule has 0 N–H and O–H groups in total. The third-order valence-corrected chi connectivity index (χ3v) is 3.19. The second kappa shape index (κ2) is 4.11. The van der Waals surface area contributed by atoms with E-state index in [1.54, 1.807) is 16.7 Å². The van der Waals surface area contributed by atoms with Gasteiger partial charge in [0.1, 0.15) is 0 Å². The van der Waals surface area contributed by atoms with Crippen molar-refractivity contribution in [2.75, 3.05) is 0 Å². The van der Waals surface area contributed by atoms with Gasteiger partial charge in [0.2, 0.25) is 0 Å². The quantitative estimate of drug-likeness (QED) is 0.723. The molecule has 0 unspecified atom stereocenters. The lowest BCUT2D eigenvalue weighted by Gasteiger charge is -2.21. The number of fused-ring (bicyclic) bond motifs is 1. The van der Waals surface area contributed by atoms with Crippen LogP contribution in [0.4, 0.5) is 0 Å². The molecule has 0 aliphatic carbocycles. The topological polar surface area (TPSA) is 20.3 Å². The van der Waals surface area contributed by atoms with Gasteiger partial charge in [0.25, 0.3) is 5.91 Å². The van der Waals surface area contributed by atoms with Crippen LogP contribution in [0.2, 0.25) is 0 Å². The minimum atomic E-state index is 0.0850. The van der Waals surface area contributed by atoms with Crippen LogP contribution in [0.15, 0.2) is 40.8 Å². The normalized spacial score (nSPS) is 15.4. The van der Waals surface area contributed by atoms with Crippen molar-refractivity contribution in [3.8, 4) is 0 Å². The molecule has 0 saturated heterocycles. The van der Waals surface area contributed by atoms with Gasteiger partial charge in [0, 0.05) is 17.1 Å². The van der Waals surface area contributed by atoms with Crippen molar-refractivity contribution in [3.05, 3.63) is 41.4 Å². The summed E-state index contributed by atoms with van der Waals surface area (Å²) in [5, 5.41) is 1.96. The fourth-order valence-corrected chi connectivity index (χ4v) is 2.31. The van der Waals surface area contributed by atoms with E-state index in [4.69, 9.17) is 0 Å². The van der Waals surface area contributed by atoms with E-state index in [1.165, 1.54) is 0 Å². The maximum absolute atomic E-state index is 12.1. The Morgan fingerprint density at radius 2 is 2.00 bits per heavy atom. The van der Waals surface area contributed by atoms with Crippen molar-refractivity contribution in [1.82, 2.24) is 4.90 Å². The summed E-state index contributed by atoms with van der Waals surface area (Å²) in [7, 11) is 0. The van der Waals surface area contributed by atoms with Crippen LogP contribution >= 0.6 is 11.8 Å². The predicted molar refractivity (Wildman–Crippen MR) is 62.7 cm³/mol. The Balaban J connectivity index is 2.45. The molecule has 0 saturated carbocycles. The molecule has 0 radical (unpaired) electrons. The summed E-state index contributed by atoms with van der Waals surface area (Å²) in [6, 6.07) is 7.92. The lowest BCUT2D eigenvalue weighted by molar-refractivity contribution is 0.0786. The van der Waals surface area contributed by atoms with Crippen LogP contribution in [-0.2, 0) is 0 Å². The molecule has 1 aliphatic heterocycles. The highest BCUT2D eigenvalue weighted by Crippen LogP contribution is 2.28. The van der Waals surface area contributed by atoms with Crippen LogP contribution in [0, 0.1) is 0 Å². The van der Waals surface area contributed by atoms with E-state index in [9.17, 15) is 4.79 Å². The van der Waals surface area contributed by atoms with Crippen LogP contribution < -0.4 is 0 Å². The first kappa shape index (κ1) is 10.3. The minimum Gasteiger partial charge on any atom is -0.312 e. The molecule has 1 aromatic carbocycles. The van der Waals surface area contributed by atoms with Crippen molar-refractivity contribution in [1.29, 1.82) is 0 Å². The van der Waals surface area contributed by atoms with Gasteiger partial charge in [0.15, 0.2) is 0 Å². The van der Waals surface area contributed by atoms with Crippen LogP contribution in [0.1, 0.15) is 24.2 Å². The fraction of sp³-hybridized carbons (Fsp3) is 0.250. The lowest BCUT2D eigenvalue weighted by Crippen LogP contribution is -2.31. The molecule has 0 fully saturated rings. The first-order chi connectivity index (χ1) is 7.20. The van der Waals surface area contributed by atoms with E-state index < -0.39 is 0 Å². The molecule has 0 aromatic heterocycles. The SMILES string of the molecule is CC(C)N1C=CSc2ccccc2C1=O. The molecule has 2 nitrogen and oxygen atoms in total. The molecule has 1 heterocycles. The second-order valence-corrected chi connectivity index (χ2v) is 4.65. The van der Waals surface area contributed by atoms with Crippen molar-refractivity contribution in [2.45, 2.75) is 24.8 Å². The Kier molecular flexibility index (Phi) is 2.82. The average Bonchev–Trinajstić information content (AvgIpc) is 2.39. The number of hydrogen-bond donors (Lipinski definition) is 0. The van der Waals surface area contributed by atoms with Gasteiger partial charge in [-0.25, -0.2) is 0 Å². The summed E-state index contributed by atoms with van der Waals surface area (Å²) in [5.41, 5.74) is 0.793. The fourth-order valence-electron chi connectivity index (χ4n) is 1.53. The van der Waals surface area contributed by atoms with Gasteiger partial charge in [-0.2, -0.15) is 0 Å². The van der Waals surface area contributed by atoms with Gasteiger partial charge in [-0.1, -0.05) is 23.9 Å². The highest BCUT2D eigenvalue weighted by molar-refractivity contribution is 8.02. The van der Waals surface area contributed by atoms with E-state index in [0.29, 0.717) is 0 Å². The van der Waals surface area contributed by atoms with Crippen LogP contribution in [0.25, 0.3) is 0 Å². The van der Waals surface area contributed by atoms with Gasteiger partial charge in [0.05, 0.1) is 5.56 Å². The van der Waals surface area contributed by atoms with E-state index in [1.807, 2.05) is 49.7 Å². The molecule has 0 spiro atoms. The van der Waals surface area contributed by atoms with Gasteiger partial charge >= 0.3 is 0 Å². The Labute approximate surface area is 94.0 Å². The maximum atomic E-state index is 12.1. The Hall–Kier alpha value is -1.22. The summed E-state index contributed by atoms with van der Waals surface area (Å²) in [5.74, 6) is 0.0850. The van der Waals surface area contributed by atoms with Crippen LogP contribution in [-0.4, -0.2) is 16.8 Å². The average molecular weight is 219 g/mol. The summed E-state index contributed by atoms with van der Waals surface area (Å²) < 4.78 is 0. The molecule has 2 rings (SSSR count). The zero-order chi connectivity index (χ0) is 10.8. The number of amides is 1. The highest BCUT2D eigenvalue weighted by atomic mass is 32.2. The predicted octanol–water partition coefficient (Wildman–Crippen LogP) is 3.11. The highest BCUT2D eigenvalue weighted by Gasteiger charge is 2.21. The first-order valence-electron chi connectivity index (χ1n) is 4.95. The Morgan fingerprint density at radius 3 is 2.73 bits per heavy atom. The van der Waals surface area contributed by atoms with Crippen molar-refractivity contribution in [3.63, 3.8) is 0 Å². The summed E-state index contributed by atoms with van der Waals surface area (Å²) >= 11 is 1.59. The zero-order valence-electron chi connectivity index (χ0n) is 8.81. The van der Waals surface area contributed by atoms with E-state index in [-0.39, 0.29) is 11.9 Å². The Morgan fingerprint density at radius 1 is 1.27 bits per heavy atom. The van der Waals surface area contributed by atoms with Crippen LogP contribution in [0.3, 0.4) is 0 Å². The first-order valence-corrected chi connectivity index (χ1v) is 5.83. The summed E-state index contributed by atoms with van der Waals surface area (Å²) in [4.78, 5) is 14.9. The number of carbonyl (C=O) groups excluding carboxylic acids is 1.